The molecule has 2 atom stereocenters. The number of hydrogen-bond donors (Lipinski definition) is 1. The van der Waals surface area contributed by atoms with Crippen molar-refractivity contribution >= 4 is 11.3 Å². The molecule has 1 heterocycles. The van der Waals surface area contributed by atoms with Crippen molar-refractivity contribution in [1.82, 2.24) is 10.3 Å². The van der Waals surface area contributed by atoms with Crippen molar-refractivity contribution in [3.8, 4) is 0 Å². The Balaban J connectivity index is 1.94. The number of aryl methyl sites for hydroxylation is 2. The van der Waals surface area contributed by atoms with Crippen LogP contribution in [0.15, 0.2) is 0 Å². The number of aromatic nitrogens is 1. The van der Waals surface area contributed by atoms with Gasteiger partial charge < -0.3 is 5.32 Å². The van der Waals surface area contributed by atoms with E-state index in [0.717, 1.165) is 18.4 Å². The zero-order valence-electron chi connectivity index (χ0n) is 12.5. The van der Waals surface area contributed by atoms with Gasteiger partial charge in [-0.15, -0.1) is 11.3 Å². The van der Waals surface area contributed by atoms with E-state index in [0.29, 0.717) is 0 Å². The van der Waals surface area contributed by atoms with Crippen LogP contribution >= 0.6 is 11.3 Å². The standard InChI is InChI=1S/C16H26N2S/c1-4-17-16(9-11(2)8-12(3)10-16)15-18-13-6-5-7-14(13)19-15/h11-12,17H,4-10H2,1-3H3. The summed E-state index contributed by atoms with van der Waals surface area (Å²) in [6.07, 6.45) is 7.68. The lowest BCUT2D eigenvalue weighted by atomic mass is 9.72. The van der Waals surface area contributed by atoms with Crippen molar-refractivity contribution in [3.63, 3.8) is 0 Å². The van der Waals surface area contributed by atoms with Crippen molar-refractivity contribution in [2.75, 3.05) is 6.54 Å². The van der Waals surface area contributed by atoms with Crippen molar-refractivity contribution in [2.24, 2.45) is 11.8 Å². The lowest BCUT2D eigenvalue weighted by Crippen LogP contribution is -2.47. The largest absolute Gasteiger partial charge is 0.306 e. The number of fused-ring (bicyclic) bond motifs is 1. The first-order valence-corrected chi connectivity index (χ1v) is 8.68. The van der Waals surface area contributed by atoms with E-state index >= 15 is 0 Å². The fraction of sp³-hybridized carbons (Fsp3) is 0.812. The van der Waals surface area contributed by atoms with E-state index in [1.54, 1.807) is 4.88 Å². The normalized spacial score (nSPS) is 34.5. The topological polar surface area (TPSA) is 24.9 Å². The third-order valence-electron chi connectivity index (χ3n) is 4.72. The molecule has 1 N–H and O–H groups in total. The molecule has 3 rings (SSSR count). The van der Waals surface area contributed by atoms with Crippen LogP contribution in [0.5, 0.6) is 0 Å². The number of thiazole rings is 1. The molecule has 106 valence electrons. The van der Waals surface area contributed by atoms with Crippen molar-refractivity contribution < 1.29 is 0 Å². The average Bonchev–Trinajstić information content (AvgIpc) is 2.87. The highest BCUT2D eigenvalue weighted by atomic mass is 32.1. The summed E-state index contributed by atoms with van der Waals surface area (Å²) < 4.78 is 0. The Kier molecular flexibility index (Phi) is 3.69. The van der Waals surface area contributed by atoms with Gasteiger partial charge in [-0.2, -0.15) is 0 Å². The molecule has 2 unspecified atom stereocenters. The second-order valence-electron chi connectivity index (χ2n) is 6.71. The van der Waals surface area contributed by atoms with E-state index < -0.39 is 0 Å². The van der Waals surface area contributed by atoms with Gasteiger partial charge in [0.15, 0.2) is 0 Å². The molecule has 0 saturated heterocycles. The SMILES string of the molecule is CCNC1(c2nc3c(s2)CCC3)CC(C)CC(C)C1. The summed E-state index contributed by atoms with van der Waals surface area (Å²) in [6.45, 7) is 8.09. The van der Waals surface area contributed by atoms with Crippen molar-refractivity contribution in [3.05, 3.63) is 15.6 Å². The van der Waals surface area contributed by atoms with E-state index in [9.17, 15) is 0 Å². The Labute approximate surface area is 121 Å². The Morgan fingerprint density at radius 2 is 2.00 bits per heavy atom. The number of rotatable bonds is 3. The Bertz CT molecular complexity index is 420. The van der Waals surface area contributed by atoms with Crippen LogP contribution in [-0.4, -0.2) is 11.5 Å². The van der Waals surface area contributed by atoms with Gasteiger partial charge in [-0.3, -0.25) is 0 Å². The molecule has 3 heteroatoms. The van der Waals surface area contributed by atoms with Crippen LogP contribution < -0.4 is 5.32 Å². The Morgan fingerprint density at radius 3 is 2.63 bits per heavy atom. The van der Waals surface area contributed by atoms with E-state index in [-0.39, 0.29) is 5.54 Å². The minimum absolute atomic E-state index is 0.167. The molecule has 1 fully saturated rings. The molecule has 0 amide bonds. The molecule has 2 nitrogen and oxygen atoms in total. The molecule has 0 radical (unpaired) electrons. The zero-order valence-corrected chi connectivity index (χ0v) is 13.3. The summed E-state index contributed by atoms with van der Waals surface area (Å²) in [4.78, 5) is 6.60. The van der Waals surface area contributed by atoms with E-state index in [1.165, 1.54) is 49.2 Å². The molecule has 2 aliphatic rings. The van der Waals surface area contributed by atoms with Gasteiger partial charge in [-0.25, -0.2) is 4.98 Å². The first kappa shape index (κ1) is 13.6. The Hall–Kier alpha value is -0.410. The minimum Gasteiger partial charge on any atom is -0.306 e. The highest BCUT2D eigenvalue weighted by Gasteiger charge is 2.41. The summed E-state index contributed by atoms with van der Waals surface area (Å²) in [5.74, 6) is 1.61. The molecular formula is C16H26N2S. The number of nitrogens with zero attached hydrogens (tertiary/aromatic N) is 1. The molecule has 19 heavy (non-hydrogen) atoms. The monoisotopic (exact) mass is 278 g/mol. The summed E-state index contributed by atoms with van der Waals surface area (Å²) in [5.41, 5.74) is 1.57. The van der Waals surface area contributed by atoms with Crippen LogP contribution in [0.4, 0.5) is 0 Å². The van der Waals surface area contributed by atoms with Crippen LogP contribution in [0.25, 0.3) is 0 Å². The smallest absolute Gasteiger partial charge is 0.113 e. The molecule has 1 aromatic heterocycles. The van der Waals surface area contributed by atoms with E-state index in [4.69, 9.17) is 4.98 Å². The summed E-state index contributed by atoms with van der Waals surface area (Å²) in [6, 6.07) is 0. The van der Waals surface area contributed by atoms with Crippen LogP contribution in [-0.2, 0) is 18.4 Å². The second-order valence-corrected chi connectivity index (χ2v) is 7.79. The maximum absolute atomic E-state index is 5.03. The fourth-order valence-corrected chi connectivity index (χ4v) is 5.59. The van der Waals surface area contributed by atoms with E-state index in [2.05, 4.69) is 26.1 Å². The molecular weight excluding hydrogens is 252 g/mol. The van der Waals surface area contributed by atoms with Gasteiger partial charge in [-0.1, -0.05) is 20.8 Å². The van der Waals surface area contributed by atoms with Crippen LogP contribution in [0.1, 0.15) is 62.0 Å². The van der Waals surface area contributed by atoms with Gasteiger partial charge in [0, 0.05) is 4.88 Å². The number of hydrogen-bond acceptors (Lipinski definition) is 3. The molecule has 0 bridgehead atoms. The van der Waals surface area contributed by atoms with E-state index in [1.807, 2.05) is 11.3 Å². The predicted molar refractivity (Wildman–Crippen MR) is 81.7 cm³/mol. The summed E-state index contributed by atoms with van der Waals surface area (Å²) >= 11 is 2.00. The van der Waals surface area contributed by atoms with Gasteiger partial charge in [0.05, 0.1) is 11.2 Å². The third-order valence-corrected chi connectivity index (χ3v) is 6.08. The quantitative estimate of drug-likeness (QED) is 0.907. The molecule has 2 aliphatic carbocycles. The zero-order chi connectivity index (χ0) is 13.5. The van der Waals surface area contributed by atoms with Gasteiger partial charge in [0.1, 0.15) is 5.01 Å². The maximum Gasteiger partial charge on any atom is 0.113 e. The van der Waals surface area contributed by atoms with Gasteiger partial charge in [0.25, 0.3) is 0 Å². The maximum atomic E-state index is 5.03. The first-order valence-electron chi connectivity index (χ1n) is 7.87. The summed E-state index contributed by atoms with van der Waals surface area (Å²) in [7, 11) is 0. The first-order chi connectivity index (χ1) is 9.13. The van der Waals surface area contributed by atoms with Crippen molar-refractivity contribution in [1.29, 1.82) is 0 Å². The molecule has 0 aliphatic heterocycles. The predicted octanol–water partition coefficient (Wildman–Crippen LogP) is 3.89. The molecule has 0 spiro atoms. The van der Waals surface area contributed by atoms with Crippen LogP contribution in [0.2, 0.25) is 0 Å². The molecule has 0 aromatic carbocycles. The Morgan fingerprint density at radius 1 is 1.26 bits per heavy atom. The minimum atomic E-state index is 0.167. The van der Waals surface area contributed by atoms with Gasteiger partial charge >= 0.3 is 0 Å². The fourth-order valence-electron chi connectivity index (χ4n) is 4.25. The second kappa shape index (κ2) is 5.17. The highest BCUT2D eigenvalue weighted by Crippen LogP contribution is 2.45. The highest BCUT2D eigenvalue weighted by molar-refractivity contribution is 7.12. The average molecular weight is 278 g/mol. The lowest BCUT2D eigenvalue weighted by molar-refractivity contribution is 0.145. The molecule has 1 aromatic rings. The number of nitrogens with one attached hydrogen (secondary N) is 1. The third kappa shape index (κ3) is 2.47. The van der Waals surface area contributed by atoms with Crippen LogP contribution in [0.3, 0.4) is 0 Å². The summed E-state index contributed by atoms with van der Waals surface area (Å²) in [5, 5.41) is 5.20. The lowest BCUT2D eigenvalue weighted by Gasteiger charge is -2.42. The van der Waals surface area contributed by atoms with Gasteiger partial charge in [0.2, 0.25) is 0 Å². The van der Waals surface area contributed by atoms with Gasteiger partial charge in [-0.05, 0) is 56.9 Å². The van der Waals surface area contributed by atoms with Crippen molar-refractivity contribution in [2.45, 2.75) is 64.8 Å². The van der Waals surface area contributed by atoms with Crippen LogP contribution in [0, 0.1) is 11.8 Å². The molecule has 1 saturated carbocycles.